The van der Waals surface area contributed by atoms with E-state index in [9.17, 15) is 4.57 Å². The van der Waals surface area contributed by atoms with Crippen LogP contribution in [0.2, 0.25) is 0 Å². The van der Waals surface area contributed by atoms with Crippen molar-refractivity contribution in [3.05, 3.63) is 0 Å². The molecule has 1 unspecified atom stereocenters. The van der Waals surface area contributed by atoms with E-state index in [4.69, 9.17) is 4.52 Å². The molecule has 12 heavy (non-hydrogen) atoms. The first kappa shape index (κ1) is 15.1. The average Bonchev–Trinajstić information content (AvgIpc) is 2.03. The molecule has 0 saturated heterocycles. The quantitative estimate of drug-likeness (QED) is 0.363. The van der Waals surface area contributed by atoms with Gasteiger partial charge in [0.15, 0.2) is 17.4 Å². The van der Waals surface area contributed by atoms with Crippen molar-refractivity contribution in [2.24, 2.45) is 0 Å². The van der Waals surface area contributed by atoms with Crippen molar-refractivity contribution in [2.45, 2.75) is 52.1 Å². The predicted molar refractivity (Wildman–Crippen MR) is 56.9 cm³/mol. The van der Waals surface area contributed by atoms with Gasteiger partial charge in [-0.3, -0.25) is 4.52 Å². The summed E-state index contributed by atoms with van der Waals surface area (Å²) >= 11 is 0. The van der Waals surface area contributed by atoms with Gasteiger partial charge in [-0.05, 0) is 12.8 Å². The van der Waals surface area contributed by atoms with Gasteiger partial charge in [-0.15, -0.1) is 0 Å². The molecule has 0 bridgehead atoms. The Hall–Kier alpha value is 0.592. The van der Waals surface area contributed by atoms with Crippen LogP contribution in [-0.2, 0) is 9.09 Å². The number of rotatable bonds is 7. The van der Waals surface area contributed by atoms with Crippen molar-refractivity contribution >= 4 is 26.0 Å². The zero-order chi connectivity index (χ0) is 8.53. The molecular formula is C8H20AlO2P. The molecular weight excluding hydrogens is 186 g/mol. The third-order valence-corrected chi connectivity index (χ3v) is 2.16. The summed E-state index contributed by atoms with van der Waals surface area (Å²) in [5, 5.41) is 0. The largest absolute Gasteiger partial charge is 0.327 e. The Morgan fingerprint density at radius 3 is 2.42 bits per heavy atom. The van der Waals surface area contributed by atoms with Gasteiger partial charge in [0.25, 0.3) is 0 Å². The fourth-order valence-electron chi connectivity index (χ4n) is 1.01. The summed E-state index contributed by atoms with van der Waals surface area (Å²) in [6.07, 6.45) is 5.85. The van der Waals surface area contributed by atoms with Gasteiger partial charge in [0.1, 0.15) is 0 Å². The first-order valence-electron chi connectivity index (χ1n) is 4.33. The van der Waals surface area contributed by atoms with Crippen LogP contribution in [0.15, 0.2) is 0 Å². The lowest BCUT2D eigenvalue weighted by Gasteiger charge is -2.09. The molecule has 0 aliphatic heterocycles. The van der Waals surface area contributed by atoms with Crippen LogP contribution < -0.4 is 0 Å². The van der Waals surface area contributed by atoms with Crippen LogP contribution in [-0.4, -0.2) is 23.5 Å². The second-order valence-electron chi connectivity index (χ2n) is 2.71. The van der Waals surface area contributed by atoms with E-state index in [1.165, 1.54) is 19.3 Å². The highest BCUT2D eigenvalue weighted by Crippen LogP contribution is 2.14. The van der Waals surface area contributed by atoms with Crippen molar-refractivity contribution in [3.8, 4) is 0 Å². The number of hydrogen-bond donors (Lipinski definition) is 0. The third kappa shape index (κ3) is 8.69. The third-order valence-electron chi connectivity index (χ3n) is 1.78. The molecule has 0 radical (unpaired) electrons. The Balaban J connectivity index is 0. The van der Waals surface area contributed by atoms with E-state index in [0.717, 1.165) is 12.8 Å². The van der Waals surface area contributed by atoms with E-state index >= 15 is 0 Å². The summed E-state index contributed by atoms with van der Waals surface area (Å²) in [7, 11) is -0.175. The molecule has 72 valence electrons. The monoisotopic (exact) mass is 206 g/mol. The standard InChI is InChI=1S/C8H17O2P.Al.3H/c1-3-5-6-7-8(4-2)10-11-9;;;;/h8H,3-7H2,1-2H3;;;;. The summed E-state index contributed by atoms with van der Waals surface area (Å²) in [5.74, 6) is 0. The lowest BCUT2D eigenvalue weighted by Crippen LogP contribution is -2.05. The Bertz CT molecular complexity index is 101. The van der Waals surface area contributed by atoms with Crippen molar-refractivity contribution in [2.75, 3.05) is 0 Å². The van der Waals surface area contributed by atoms with Crippen molar-refractivity contribution in [1.29, 1.82) is 0 Å². The van der Waals surface area contributed by atoms with Crippen LogP contribution in [0.3, 0.4) is 0 Å². The normalized spacial score (nSPS) is 12.5. The van der Waals surface area contributed by atoms with Gasteiger partial charge in [0.2, 0.25) is 0 Å². The molecule has 0 aromatic carbocycles. The van der Waals surface area contributed by atoms with Crippen LogP contribution in [0.25, 0.3) is 0 Å². The molecule has 0 amide bonds. The highest BCUT2D eigenvalue weighted by molar-refractivity contribution is 7.17. The smallest absolute Gasteiger partial charge is 0.291 e. The highest BCUT2D eigenvalue weighted by Gasteiger charge is 2.04. The molecule has 0 aromatic rings. The molecule has 0 saturated carbocycles. The molecule has 0 fully saturated rings. The first-order valence-corrected chi connectivity index (χ1v) is 5.06. The van der Waals surface area contributed by atoms with Crippen molar-refractivity contribution < 1.29 is 9.09 Å². The summed E-state index contributed by atoms with van der Waals surface area (Å²) in [6, 6.07) is 0. The minimum absolute atomic E-state index is 0. The molecule has 2 nitrogen and oxygen atoms in total. The molecule has 0 spiro atoms. The molecule has 0 N–H and O–H groups in total. The van der Waals surface area contributed by atoms with E-state index in [1.54, 1.807) is 0 Å². The van der Waals surface area contributed by atoms with Crippen LogP contribution in [0.4, 0.5) is 0 Å². The summed E-state index contributed by atoms with van der Waals surface area (Å²) in [5.41, 5.74) is 0. The Morgan fingerprint density at radius 2 is 2.00 bits per heavy atom. The van der Waals surface area contributed by atoms with Crippen LogP contribution in [0.5, 0.6) is 0 Å². The first-order chi connectivity index (χ1) is 5.35. The summed E-state index contributed by atoms with van der Waals surface area (Å²) in [6.45, 7) is 4.23. The average molecular weight is 206 g/mol. The van der Waals surface area contributed by atoms with Crippen LogP contribution in [0, 0.1) is 0 Å². The van der Waals surface area contributed by atoms with Crippen molar-refractivity contribution in [3.63, 3.8) is 0 Å². The van der Waals surface area contributed by atoms with E-state index in [-0.39, 0.29) is 32.2 Å². The van der Waals surface area contributed by atoms with Crippen LogP contribution in [0.1, 0.15) is 46.0 Å². The van der Waals surface area contributed by atoms with E-state index < -0.39 is 0 Å². The second kappa shape index (κ2) is 11.6. The van der Waals surface area contributed by atoms with Gasteiger partial charge in [0, 0.05) is 0 Å². The van der Waals surface area contributed by atoms with Gasteiger partial charge >= 0.3 is 8.69 Å². The van der Waals surface area contributed by atoms with Crippen LogP contribution >= 0.6 is 8.69 Å². The topological polar surface area (TPSA) is 26.3 Å². The molecule has 0 aliphatic rings. The lowest BCUT2D eigenvalue weighted by atomic mass is 10.1. The summed E-state index contributed by atoms with van der Waals surface area (Å²) in [4.78, 5) is 0. The van der Waals surface area contributed by atoms with Gasteiger partial charge < -0.3 is 0 Å². The van der Waals surface area contributed by atoms with E-state index in [0.29, 0.717) is 0 Å². The fraction of sp³-hybridized carbons (Fsp3) is 1.00. The number of unbranched alkanes of at least 4 members (excludes halogenated alkanes) is 2. The van der Waals surface area contributed by atoms with Gasteiger partial charge in [-0.2, -0.15) is 0 Å². The second-order valence-corrected chi connectivity index (χ2v) is 3.07. The molecule has 4 heteroatoms. The van der Waals surface area contributed by atoms with E-state index in [2.05, 4.69) is 13.8 Å². The maximum atomic E-state index is 10.1. The van der Waals surface area contributed by atoms with Crippen molar-refractivity contribution in [1.82, 2.24) is 0 Å². The lowest BCUT2D eigenvalue weighted by molar-refractivity contribution is 0.203. The van der Waals surface area contributed by atoms with Gasteiger partial charge in [0.05, 0.1) is 6.10 Å². The molecule has 0 heterocycles. The predicted octanol–water partition coefficient (Wildman–Crippen LogP) is 2.38. The zero-order valence-corrected chi connectivity index (χ0v) is 8.27. The Morgan fingerprint density at radius 1 is 1.33 bits per heavy atom. The van der Waals surface area contributed by atoms with E-state index in [1.807, 2.05) is 0 Å². The SMILES string of the molecule is CCCCCC(CC)OP=O.[AlH3]. The molecule has 0 rings (SSSR count). The maximum absolute atomic E-state index is 10.1. The van der Waals surface area contributed by atoms with Gasteiger partial charge in [-0.25, -0.2) is 4.57 Å². The maximum Gasteiger partial charge on any atom is 0.327 e. The summed E-state index contributed by atoms with van der Waals surface area (Å²) < 4.78 is 15.0. The zero-order valence-electron chi connectivity index (χ0n) is 7.38. The van der Waals surface area contributed by atoms with Gasteiger partial charge in [-0.1, -0.05) is 33.1 Å². The highest BCUT2D eigenvalue weighted by atomic mass is 31.1. The Labute approximate surface area is 87.5 Å². The minimum Gasteiger partial charge on any atom is -0.291 e. The number of hydrogen-bond acceptors (Lipinski definition) is 2. The fourth-order valence-corrected chi connectivity index (χ4v) is 1.39. The molecule has 1 atom stereocenters. The molecule has 0 aromatic heterocycles. The molecule has 0 aliphatic carbocycles. The minimum atomic E-state index is -0.175. The Kier molecular flexibility index (Phi) is 14.6.